The van der Waals surface area contributed by atoms with Gasteiger partial charge in [-0.25, -0.2) is 19.9 Å². The molecule has 4 heterocycles. The average Bonchev–Trinajstić information content (AvgIpc) is 3.60. The van der Waals surface area contributed by atoms with Crippen molar-refractivity contribution in [2.24, 2.45) is 0 Å². The molecule has 0 aliphatic rings. The Morgan fingerprint density at radius 3 is 2.00 bits per heavy atom. The second-order valence-corrected chi connectivity index (χ2v) is 5.95. The molecule has 0 amide bonds. The summed E-state index contributed by atoms with van der Waals surface area (Å²) in [6.45, 7) is 5.04. The first kappa shape index (κ1) is 29.5. The first-order valence-electron chi connectivity index (χ1n) is 9.88. The molecule has 0 N–H and O–H groups in total. The van der Waals surface area contributed by atoms with Crippen LogP contribution >= 0.6 is 21.3 Å². The van der Waals surface area contributed by atoms with Crippen molar-refractivity contribution in [1.29, 1.82) is 0 Å². The van der Waals surface area contributed by atoms with Gasteiger partial charge >= 0.3 is 27.0 Å². The van der Waals surface area contributed by atoms with E-state index in [9.17, 15) is 4.79 Å². The fourth-order valence-corrected chi connectivity index (χ4v) is 2.25. The standard InChI is InChI=1S/C9H6N2O2.C9H13O3.C4H3ClN2.ClH.Zn/c12-6-7-2-3-8(13-7)9-10-4-1-5-11-9;1-3-10-9(11-4-2)8-6-5-7-12-8;5-4-6-2-1-3-7-4;;/h1-6H;5-6,9H,3-4H2,1-2H3;1-3H;1H;/q;-1;;;+2/p-1. The van der Waals surface area contributed by atoms with Gasteiger partial charge in [-0.2, -0.15) is 6.07 Å². The number of ether oxygens (including phenoxy) is 2. The molecule has 0 aliphatic heterocycles. The average molecular weight is 559 g/mol. The first-order valence-corrected chi connectivity index (χ1v) is 14.2. The van der Waals surface area contributed by atoms with E-state index in [0.29, 0.717) is 42.1 Å². The van der Waals surface area contributed by atoms with Crippen LogP contribution in [-0.2, 0) is 26.8 Å². The van der Waals surface area contributed by atoms with Crippen molar-refractivity contribution in [3.63, 3.8) is 0 Å². The van der Waals surface area contributed by atoms with Crippen molar-refractivity contribution < 1.29 is 40.4 Å². The van der Waals surface area contributed by atoms with Gasteiger partial charge < -0.3 is 18.3 Å². The molecule has 0 saturated carbocycles. The van der Waals surface area contributed by atoms with Crippen molar-refractivity contribution in [1.82, 2.24) is 19.9 Å². The third kappa shape index (κ3) is 11.6. The Hall–Kier alpha value is -2.49. The third-order valence-electron chi connectivity index (χ3n) is 3.42. The Bertz CT molecular complexity index is 1000. The summed E-state index contributed by atoms with van der Waals surface area (Å²) in [4.78, 5) is 25.5. The summed E-state index contributed by atoms with van der Waals surface area (Å²) in [7, 11) is 4.76. The predicted octanol–water partition coefficient (Wildman–Crippen LogP) is 5.52. The number of aromatic nitrogens is 4. The summed E-state index contributed by atoms with van der Waals surface area (Å²) in [6, 6.07) is 10.2. The molecule has 0 unspecified atom stereocenters. The van der Waals surface area contributed by atoms with Crippen LogP contribution < -0.4 is 0 Å². The number of carbonyl (C=O) groups is 1. The molecular weight excluding hydrogens is 537 g/mol. The van der Waals surface area contributed by atoms with E-state index in [2.05, 4.69) is 26.2 Å². The number of halogens is 2. The summed E-state index contributed by atoms with van der Waals surface area (Å²) >= 11 is 6.16. The monoisotopic (exact) mass is 556 g/mol. The number of furan rings is 2. The molecule has 9 nitrogen and oxygen atoms in total. The number of hydrogen-bond acceptors (Lipinski definition) is 9. The zero-order chi connectivity index (χ0) is 25.0. The zero-order valence-corrected chi connectivity index (χ0v) is 23.1. The van der Waals surface area contributed by atoms with Crippen LogP contribution in [0.4, 0.5) is 0 Å². The van der Waals surface area contributed by atoms with E-state index in [4.69, 9.17) is 39.6 Å². The number of rotatable bonds is 7. The summed E-state index contributed by atoms with van der Waals surface area (Å²) in [6.07, 6.45) is 9.27. The van der Waals surface area contributed by atoms with E-state index in [-0.39, 0.29) is 12.1 Å². The van der Waals surface area contributed by atoms with Crippen LogP contribution in [-0.4, -0.2) is 39.4 Å². The topological polar surface area (TPSA) is 113 Å². The maximum absolute atomic E-state index is 10.3. The van der Waals surface area contributed by atoms with Crippen LogP contribution in [0.2, 0.25) is 5.28 Å². The van der Waals surface area contributed by atoms with Gasteiger partial charge in [0.25, 0.3) is 0 Å². The number of nitrogens with zero attached hydrogens (tertiary/aromatic N) is 4. The van der Waals surface area contributed by atoms with Crippen LogP contribution in [0.1, 0.15) is 36.5 Å². The third-order valence-corrected chi connectivity index (χ3v) is 3.62. The van der Waals surface area contributed by atoms with Crippen LogP contribution in [0.3, 0.4) is 0 Å². The molecule has 0 aromatic carbocycles. The van der Waals surface area contributed by atoms with Crippen molar-refractivity contribution >= 4 is 27.6 Å². The van der Waals surface area contributed by atoms with Crippen molar-refractivity contribution in [2.45, 2.75) is 20.1 Å². The van der Waals surface area contributed by atoms with Gasteiger partial charge in [-0.3, -0.25) is 4.79 Å². The van der Waals surface area contributed by atoms with Crippen molar-refractivity contribution in [2.75, 3.05) is 13.2 Å². The van der Waals surface area contributed by atoms with Crippen molar-refractivity contribution in [3.8, 4) is 11.6 Å². The van der Waals surface area contributed by atoms with E-state index >= 15 is 0 Å². The molecule has 4 aromatic heterocycles. The number of carbonyl (C=O) groups excluding carboxylic acids is 1. The minimum atomic E-state index is -0.383. The summed E-state index contributed by atoms with van der Waals surface area (Å²) in [5.74, 6) is 1.93. The molecule has 176 valence electrons. The van der Waals surface area contributed by atoms with Gasteiger partial charge in [-0.1, -0.05) is 0 Å². The molecule has 34 heavy (non-hydrogen) atoms. The fourth-order valence-electron chi connectivity index (χ4n) is 2.14. The van der Waals surface area contributed by atoms with E-state index in [1.165, 1.54) is 0 Å². The molecule has 0 spiro atoms. The van der Waals surface area contributed by atoms with Gasteiger partial charge in [0, 0.05) is 38.0 Å². The molecule has 0 atom stereocenters. The predicted molar refractivity (Wildman–Crippen MR) is 122 cm³/mol. The van der Waals surface area contributed by atoms with Gasteiger partial charge in [0.05, 0.1) is 0 Å². The summed E-state index contributed by atoms with van der Waals surface area (Å²) < 4.78 is 20.7. The Morgan fingerprint density at radius 1 is 1.00 bits per heavy atom. The Labute approximate surface area is 216 Å². The second kappa shape index (κ2) is 18.9. The minimum absolute atomic E-state index is 0.280. The second-order valence-electron chi connectivity index (χ2n) is 5.61. The first-order chi connectivity index (χ1) is 16.7. The van der Waals surface area contributed by atoms with E-state index in [0.717, 1.165) is 17.3 Å². The van der Waals surface area contributed by atoms with Gasteiger partial charge in [0.2, 0.25) is 5.28 Å². The molecule has 0 fully saturated rings. The molecule has 0 saturated heterocycles. The molecular formula is C22H22Cl2N4O5Zn. The molecule has 0 bridgehead atoms. The molecule has 4 rings (SSSR count). The van der Waals surface area contributed by atoms with E-state index in [1.807, 2.05) is 13.8 Å². The fraction of sp³-hybridized carbons (Fsp3) is 0.227. The molecule has 0 aliphatic carbocycles. The quantitative estimate of drug-likeness (QED) is 0.0951. The number of aldehydes is 1. The van der Waals surface area contributed by atoms with Crippen LogP contribution in [0.15, 0.2) is 70.0 Å². The molecule has 4 aromatic rings. The van der Waals surface area contributed by atoms with Gasteiger partial charge in [0.1, 0.15) is 0 Å². The van der Waals surface area contributed by atoms with Gasteiger partial charge in [0.15, 0.2) is 29.9 Å². The van der Waals surface area contributed by atoms with Crippen LogP contribution in [0, 0.1) is 6.26 Å². The van der Waals surface area contributed by atoms with Crippen molar-refractivity contribution in [3.05, 3.63) is 84.3 Å². The van der Waals surface area contributed by atoms with E-state index < -0.39 is 0 Å². The van der Waals surface area contributed by atoms with Gasteiger partial charge in [-0.15, -0.1) is 6.07 Å². The Morgan fingerprint density at radius 2 is 1.59 bits per heavy atom. The number of hydrogen-bond donors (Lipinski definition) is 0. The van der Waals surface area contributed by atoms with Crippen LogP contribution in [0.5, 0.6) is 0 Å². The van der Waals surface area contributed by atoms with E-state index in [1.54, 1.807) is 61.2 Å². The zero-order valence-electron chi connectivity index (χ0n) is 18.6. The van der Waals surface area contributed by atoms with Crippen LogP contribution in [0.25, 0.3) is 11.6 Å². The van der Waals surface area contributed by atoms with Gasteiger partial charge in [-0.05, 0) is 61.7 Å². The Kier molecular flexibility index (Phi) is 16.4. The normalized spacial score (nSPS) is 9.62. The molecule has 12 heteroatoms. The maximum atomic E-state index is 10.3. The summed E-state index contributed by atoms with van der Waals surface area (Å²) in [5, 5.41) is 0.294. The summed E-state index contributed by atoms with van der Waals surface area (Å²) in [5.41, 5.74) is 0. The molecule has 0 radical (unpaired) electrons. The Balaban J connectivity index is 0.000000255. The SMILES string of the molecule is CCOC(OCC)c1cc[c-]o1.Clc1ncccn1.O=Cc1ccc(-c2ncccn2)o1.[Cl][Zn+].